The monoisotopic (exact) mass is 207 g/mol. The lowest BCUT2D eigenvalue weighted by Crippen LogP contribution is -2.00. The zero-order valence-corrected chi connectivity index (χ0v) is 8.93. The number of fused-ring (bicyclic) bond motifs is 1. The van der Waals surface area contributed by atoms with Gasteiger partial charge in [-0.2, -0.15) is 0 Å². The molecule has 1 nitrogen and oxygen atoms in total. The molecule has 16 heavy (non-hydrogen) atoms. The lowest BCUT2D eigenvalue weighted by molar-refractivity contribution is 1.05. The van der Waals surface area contributed by atoms with Gasteiger partial charge in [-0.15, -0.1) is 0 Å². The van der Waals surface area contributed by atoms with Gasteiger partial charge in [0.2, 0.25) is 0 Å². The Labute approximate surface area is 95.2 Å². The maximum Gasteiger partial charge on any atom is 0.0356 e. The van der Waals surface area contributed by atoms with Crippen molar-refractivity contribution in [2.24, 2.45) is 0 Å². The highest BCUT2D eigenvalue weighted by atomic mass is 14.6. The standard InChI is InChI=1S/C15H13N/c16-15-8-4-3-7-14(15)13-10-9-11-5-1-2-6-12(11)13/h1-10,13H,16H2. The Bertz CT molecular complexity index is 555. The van der Waals surface area contributed by atoms with Gasteiger partial charge in [-0.3, -0.25) is 0 Å². The van der Waals surface area contributed by atoms with Crippen LogP contribution >= 0.6 is 0 Å². The topological polar surface area (TPSA) is 26.0 Å². The molecule has 2 N–H and O–H groups in total. The second kappa shape index (κ2) is 3.53. The van der Waals surface area contributed by atoms with Crippen molar-refractivity contribution >= 4 is 11.8 Å². The lowest BCUT2D eigenvalue weighted by Gasteiger charge is -2.13. The van der Waals surface area contributed by atoms with E-state index < -0.39 is 0 Å². The van der Waals surface area contributed by atoms with Gasteiger partial charge in [0.15, 0.2) is 0 Å². The van der Waals surface area contributed by atoms with Crippen LogP contribution in [0.15, 0.2) is 54.6 Å². The second-order valence-electron chi connectivity index (χ2n) is 4.09. The van der Waals surface area contributed by atoms with Gasteiger partial charge >= 0.3 is 0 Å². The first-order valence-electron chi connectivity index (χ1n) is 5.48. The summed E-state index contributed by atoms with van der Waals surface area (Å²) in [6.07, 6.45) is 4.39. The quantitative estimate of drug-likeness (QED) is 0.712. The molecule has 1 aliphatic rings. The highest BCUT2D eigenvalue weighted by molar-refractivity contribution is 5.67. The molecule has 3 rings (SSSR count). The van der Waals surface area contributed by atoms with E-state index in [2.05, 4.69) is 42.5 Å². The van der Waals surface area contributed by atoms with Gasteiger partial charge < -0.3 is 5.73 Å². The van der Waals surface area contributed by atoms with Crippen molar-refractivity contribution in [3.63, 3.8) is 0 Å². The van der Waals surface area contributed by atoms with Gasteiger partial charge in [-0.05, 0) is 22.8 Å². The first-order chi connectivity index (χ1) is 7.86. The molecule has 1 heteroatoms. The van der Waals surface area contributed by atoms with E-state index in [0.29, 0.717) is 5.92 Å². The zero-order valence-electron chi connectivity index (χ0n) is 8.93. The summed E-state index contributed by atoms with van der Waals surface area (Å²) < 4.78 is 0. The highest BCUT2D eigenvalue weighted by Crippen LogP contribution is 2.37. The van der Waals surface area contributed by atoms with Crippen LogP contribution in [0.5, 0.6) is 0 Å². The highest BCUT2D eigenvalue weighted by Gasteiger charge is 2.19. The Morgan fingerprint density at radius 1 is 0.812 bits per heavy atom. The van der Waals surface area contributed by atoms with Gasteiger partial charge in [0.05, 0.1) is 0 Å². The molecule has 1 unspecified atom stereocenters. The molecular weight excluding hydrogens is 194 g/mol. The molecular formula is C15H13N. The van der Waals surface area contributed by atoms with Crippen LogP contribution in [0, 0.1) is 0 Å². The van der Waals surface area contributed by atoms with Crippen molar-refractivity contribution in [2.75, 3.05) is 5.73 Å². The smallest absolute Gasteiger partial charge is 0.0356 e. The Morgan fingerprint density at radius 3 is 2.31 bits per heavy atom. The summed E-state index contributed by atoms with van der Waals surface area (Å²) in [5.74, 6) is 0.317. The molecule has 0 spiro atoms. The minimum atomic E-state index is 0.317. The molecule has 0 radical (unpaired) electrons. The van der Waals surface area contributed by atoms with Crippen molar-refractivity contribution < 1.29 is 0 Å². The van der Waals surface area contributed by atoms with E-state index in [1.807, 2.05) is 18.2 Å². The maximum atomic E-state index is 6.02. The van der Waals surface area contributed by atoms with Crippen molar-refractivity contribution in [2.45, 2.75) is 5.92 Å². The van der Waals surface area contributed by atoms with Gasteiger partial charge in [0.25, 0.3) is 0 Å². The Hall–Kier alpha value is -2.02. The number of benzene rings is 2. The lowest BCUT2D eigenvalue weighted by atomic mass is 9.92. The molecule has 0 amide bonds. The largest absolute Gasteiger partial charge is 0.398 e. The molecule has 0 aliphatic heterocycles. The summed E-state index contributed by atoms with van der Waals surface area (Å²) in [5, 5.41) is 0. The Kier molecular flexibility index (Phi) is 2.03. The predicted octanol–water partition coefficient (Wildman–Crippen LogP) is 3.43. The van der Waals surface area contributed by atoms with Crippen LogP contribution in [0.2, 0.25) is 0 Å². The number of para-hydroxylation sites is 1. The van der Waals surface area contributed by atoms with Crippen LogP contribution in [0.25, 0.3) is 6.08 Å². The van der Waals surface area contributed by atoms with Crippen molar-refractivity contribution in [3.05, 3.63) is 71.3 Å². The third-order valence-corrected chi connectivity index (χ3v) is 3.13. The summed E-state index contributed by atoms with van der Waals surface area (Å²) in [6.45, 7) is 0. The molecule has 78 valence electrons. The normalized spacial score (nSPS) is 17.4. The summed E-state index contributed by atoms with van der Waals surface area (Å²) in [5.41, 5.74) is 10.7. The number of hydrogen-bond acceptors (Lipinski definition) is 1. The molecule has 0 saturated carbocycles. The first kappa shape index (κ1) is 9.22. The molecule has 2 aromatic carbocycles. The zero-order chi connectivity index (χ0) is 11.0. The average molecular weight is 207 g/mol. The van der Waals surface area contributed by atoms with Crippen molar-refractivity contribution in [1.82, 2.24) is 0 Å². The number of nitrogen functional groups attached to an aromatic ring is 1. The van der Waals surface area contributed by atoms with E-state index >= 15 is 0 Å². The number of allylic oxidation sites excluding steroid dienone is 1. The molecule has 1 atom stereocenters. The fourth-order valence-corrected chi connectivity index (χ4v) is 2.31. The van der Waals surface area contributed by atoms with Crippen LogP contribution in [0.4, 0.5) is 5.69 Å². The van der Waals surface area contributed by atoms with Crippen molar-refractivity contribution in [1.29, 1.82) is 0 Å². The summed E-state index contributed by atoms with van der Waals surface area (Å²) in [4.78, 5) is 0. The van der Waals surface area contributed by atoms with E-state index in [9.17, 15) is 0 Å². The average Bonchev–Trinajstić information content (AvgIpc) is 2.74. The Morgan fingerprint density at radius 2 is 1.50 bits per heavy atom. The van der Waals surface area contributed by atoms with Gasteiger partial charge in [0.1, 0.15) is 0 Å². The van der Waals surface area contributed by atoms with Gasteiger partial charge in [0, 0.05) is 11.6 Å². The molecule has 0 bridgehead atoms. The van der Waals surface area contributed by atoms with Crippen LogP contribution < -0.4 is 5.73 Å². The van der Waals surface area contributed by atoms with E-state index in [1.165, 1.54) is 16.7 Å². The van der Waals surface area contributed by atoms with Crippen LogP contribution in [0.3, 0.4) is 0 Å². The van der Waals surface area contributed by atoms with Crippen LogP contribution in [-0.4, -0.2) is 0 Å². The molecule has 0 saturated heterocycles. The van der Waals surface area contributed by atoms with Gasteiger partial charge in [-0.25, -0.2) is 0 Å². The minimum absolute atomic E-state index is 0.317. The van der Waals surface area contributed by atoms with E-state index in [1.54, 1.807) is 0 Å². The molecule has 0 aromatic heterocycles. The third kappa shape index (κ3) is 1.33. The number of rotatable bonds is 1. The number of nitrogens with two attached hydrogens (primary N) is 1. The summed E-state index contributed by atoms with van der Waals surface area (Å²) >= 11 is 0. The van der Waals surface area contributed by atoms with Crippen LogP contribution in [0.1, 0.15) is 22.6 Å². The second-order valence-corrected chi connectivity index (χ2v) is 4.09. The molecule has 0 fully saturated rings. The van der Waals surface area contributed by atoms with Crippen LogP contribution in [-0.2, 0) is 0 Å². The van der Waals surface area contributed by atoms with E-state index in [0.717, 1.165) is 5.69 Å². The number of hydrogen-bond donors (Lipinski definition) is 1. The minimum Gasteiger partial charge on any atom is -0.398 e. The molecule has 2 aromatic rings. The Balaban J connectivity index is 2.12. The third-order valence-electron chi connectivity index (χ3n) is 3.13. The number of anilines is 1. The summed E-state index contributed by atoms with van der Waals surface area (Å²) in [6, 6.07) is 16.6. The van der Waals surface area contributed by atoms with E-state index in [-0.39, 0.29) is 0 Å². The first-order valence-corrected chi connectivity index (χ1v) is 5.48. The molecule has 0 heterocycles. The SMILES string of the molecule is Nc1ccccc1C1C=Cc2ccccc21. The summed E-state index contributed by atoms with van der Waals surface area (Å²) in [7, 11) is 0. The van der Waals surface area contributed by atoms with E-state index in [4.69, 9.17) is 5.73 Å². The maximum absolute atomic E-state index is 6.02. The fraction of sp³-hybridized carbons (Fsp3) is 0.0667. The molecule has 1 aliphatic carbocycles. The predicted molar refractivity (Wildman–Crippen MR) is 68.2 cm³/mol. The fourth-order valence-electron chi connectivity index (χ4n) is 2.31. The van der Waals surface area contributed by atoms with Crippen molar-refractivity contribution in [3.8, 4) is 0 Å². The van der Waals surface area contributed by atoms with Gasteiger partial charge in [-0.1, -0.05) is 54.6 Å².